The number of benzene rings is 1. The Bertz CT molecular complexity index is 360. The molecule has 0 unspecified atom stereocenters. The molecule has 1 aromatic carbocycles. The first-order chi connectivity index (χ1) is 7.64. The van der Waals surface area contributed by atoms with Gasteiger partial charge in [-0.25, -0.2) is 0 Å². The van der Waals surface area contributed by atoms with Crippen LogP contribution in [0.25, 0.3) is 0 Å². The molecule has 0 aliphatic carbocycles. The van der Waals surface area contributed by atoms with Gasteiger partial charge in [-0.2, -0.15) is 0 Å². The third-order valence-corrected chi connectivity index (χ3v) is 1.94. The molecule has 0 aliphatic rings. The molecule has 0 aliphatic heterocycles. The van der Waals surface area contributed by atoms with Crippen LogP contribution in [0.3, 0.4) is 0 Å². The molecule has 0 amide bonds. The second kappa shape index (κ2) is 8.54. The van der Waals surface area contributed by atoms with Crippen molar-refractivity contribution in [3.63, 3.8) is 0 Å². The summed E-state index contributed by atoms with van der Waals surface area (Å²) in [5.74, 6) is 0. The van der Waals surface area contributed by atoms with Crippen molar-refractivity contribution in [3.05, 3.63) is 39.9 Å². The van der Waals surface area contributed by atoms with Crippen molar-refractivity contribution in [3.8, 4) is 0 Å². The fourth-order valence-electron chi connectivity index (χ4n) is 1.08. The molecule has 0 N–H and O–H groups in total. The Hall–Kier alpha value is 1.39. The van der Waals surface area contributed by atoms with Crippen molar-refractivity contribution in [2.45, 2.75) is 26.2 Å². The summed E-state index contributed by atoms with van der Waals surface area (Å²) in [4.78, 5) is 9.71. The van der Waals surface area contributed by atoms with Crippen molar-refractivity contribution < 1.29 is 9.84 Å². The van der Waals surface area contributed by atoms with E-state index in [9.17, 15) is 10.1 Å². The SMILES string of the molecule is CC(C)(C)c1ccc([N+](=O)[O-])cc1.[I][V]([I])[I]. The minimum absolute atomic E-state index is 0.0507. The van der Waals surface area contributed by atoms with Crippen LogP contribution in [0, 0.1) is 10.1 Å². The van der Waals surface area contributed by atoms with Crippen LogP contribution in [-0.4, -0.2) is 4.92 Å². The van der Waals surface area contributed by atoms with Gasteiger partial charge in [0, 0.05) is 12.1 Å². The Balaban J connectivity index is 0.000000557. The van der Waals surface area contributed by atoms with Gasteiger partial charge in [0.2, 0.25) is 0 Å². The fraction of sp³-hybridized carbons (Fsp3) is 0.400. The van der Waals surface area contributed by atoms with Gasteiger partial charge in [0.25, 0.3) is 5.69 Å². The van der Waals surface area contributed by atoms with Crippen LogP contribution in [0.1, 0.15) is 26.3 Å². The molecule has 0 saturated carbocycles. The maximum atomic E-state index is 10.4. The second-order valence-corrected chi connectivity index (χ2v) is 39.6. The third kappa shape index (κ3) is 9.01. The fourth-order valence-corrected chi connectivity index (χ4v) is 1.08. The maximum absolute atomic E-state index is 10.4. The van der Waals surface area contributed by atoms with Gasteiger partial charge in [-0.1, -0.05) is 32.9 Å². The number of non-ortho nitro benzene ring substituents is 1. The molecule has 0 heterocycles. The topological polar surface area (TPSA) is 43.1 Å². The number of nitro groups is 1. The van der Waals surface area contributed by atoms with Crippen LogP contribution in [-0.2, 0) is 10.3 Å². The van der Waals surface area contributed by atoms with Gasteiger partial charge in [-0.3, -0.25) is 10.1 Å². The zero-order chi connectivity index (χ0) is 13.6. The van der Waals surface area contributed by atoms with Crippen LogP contribution >= 0.6 is 59.9 Å². The molecule has 1 rings (SSSR count). The predicted molar refractivity (Wildman–Crippen MR) is 93.9 cm³/mol. The number of nitrogens with zero attached hydrogens (tertiary/aromatic N) is 1. The Kier molecular flexibility index (Phi) is 9.24. The quantitative estimate of drug-likeness (QED) is 0.238. The average molecular weight is 611 g/mol. The van der Waals surface area contributed by atoms with E-state index in [1.165, 1.54) is 0 Å². The van der Waals surface area contributed by atoms with Gasteiger partial charge >= 0.3 is 64.9 Å². The molecular weight excluding hydrogens is 598 g/mol. The molecule has 1 aromatic rings. The summed E-state index contributed by atoms with van der Waals surface area (Å²) in [6, 6.07) is 6.69. The molecule has 3 nitrogen and oxygen atoms in total. The summed E-state index contributed by atoms with van der Waals surface area (Å²) in [5.41, 5.74) is 1.31. The zero-order valence-corrected chi connectivity index (χ0v) is 17.5. The molecule has 0 atom stereocenters. The van der Waals surface area contributed by atoms with E-state index in [2.05, 4.69) is 80.7 Å². The molecule has 0 fully saturated rings. The van der Waals surface area contributed by atoms with Gasteiger partial charge in [0.1, 0.15) is 0 Å². The van der Waals surface area contributed by atoms with E-state index < -0.39 is 0 Å². The van der Waals surface area contributed by atoms with Crippen LogP contribution < -0.4 is 0 Å². The number of nitro benzene ring substituents is 1. The van der Waals surface area contributed by atoms with Gasteiger partial charge in [0.05, 0.1) is 4.92 Å². The Morgan fingerprint density at radius 2 is 1.47 bits per heavy atom. The summed E-state index contributed by atoms with van der Waals surface area (Å²) in [7, 11) is 0. The van der Waals surface area contributed by atoms with E-state index >= 15 is 0 Å². The number of hydrogen-bond donors (Lipinski definition) is 0. The summed E-state index contributed by atoms with van der Waals surface area (Å²) < 4.78 is 0. The summed E-state index contributed by atoms with van der Waals surface area (Å²) in [5, 5.41) is 10.4. The van der Waals surface area contributed by atoms with Crippen molar-refractivity contribution in [1.29, 1.82) is 0 Å². The van der Waals surface area contributed by atoms with Gasteiger partial charge < -0.3 is 0 Å². The molecule has 0 spiro atoms. The Labute approximate surface area is 139 Å². The van der Waals surface area contributed by atoms with E-state index in [1.54, 1.807) is 24.3 Å². The molecule has 0 aromatic heterocycles. The van der Waals surface area contributed by atoms with Crippen LogP contribution in [0.15, 0.2) is 24.3 Å². The van der Waals surface area contributed by atoms with E-state index in [4.69, 9.17) is 0 Å². The normalized spacial score (nSPS) is 10.8. The van der Waals surface area contributed by atoms with E-state index in [0.29, 0.717) is 0 Å². The van der Waals surface area contributed by atoms with Crippen LogP contribution in [0.2, 0.25) is 0 Å². The monoisotopic (exact) mass is 611 g/mol. The first-order valence-electron chi connectivity index (χ1n) is 4.67. The van der Waals surface area contributed by atoms with Crippen molar-refractivity contribution in [2.75, 3.05) is 0 Å². The van der Waals surface area contributed by atoms with Crippen LogP contribution in [0.4, 0.5) is 5.69 Å². The number of hydrogen-bond acceptors (Lipinski definition) is 2. The summed E-state index contributed by atoms with van der Waals surface area (Å²) in [6.07, 6.45) is 0. The molecule has 7 heteroatoms. The van der Waals surface area contributed by atoms with Crippen molar-refractivity contribution in [1.82, 2.24) is 0 Å². The standard InChI is InChI=1S/C10H13NO2.3HI.V/c1-10(2,3)8-4-6-9(7-5-8)11(12)13;;;;/h4-7H,1-3H3;3*1H;/q;;;;+3/p-3. The molecule has 0 bridgehead atoms. The Morgan fingerprint density at radius 1 is 1.12 bits per heavy atom. The van der Waals surface area contributed by atoms with E-state index in [-0.39, 0.29) is 20.9 Å². The van der Waals surface area contributed by atoms with Gasteiger partial charge in [0.15, 0.2) is 0 Å². The molecular formula is C10H13I3NO2V. The second-order valence-electron chi connectivity index (χ2n) is 4.25. The van der Waals surface area contributed by atoms with Crippen molar-refractivity contribution >= 4 is 65.6 Å². The third-order valence-electron chi connectivity index (χ3n) is 1.94. The molecule has 96 valence electrons. The number of rotatable bonds is 1. The molecule has 17 heavy (non-hydrogen) atoms. The molecule has 0 radical (unpaired) electrons. The first kappa shape index (κ1) is 18.4. The minimum atomic E-state index is -0.383. The van der Waals surface area contributed by atoms with Crippen LogP contribution in [0.5, 0.6) is 0 Å². The summed E-state index contributed by atoms with van der Waals surface area (Å²) in [6.45, 7) is 6.23. The Morgan fingerprint density at radius 3 is 1.71 bits per heavy atom. The van der Waals surface area contributed by atoms with Crippen molar-refractivity contribution in [2.24, 2.45) is 0 Å². The van der Waals surface area contributed by atoms with Gasteiger partial charge in [-0.05, 0) is 11.0 Å². The molecule has 0 saturated heterocycles. The first-order valence-corrected chi connectivity index (χ1v) is 18.2. The summed E-state index contributed by atoms with van der Waals surface area (Å²) >= 11 is 7.39. The number of halogens is 3. The average Bonchev–Trinajstić information content (AvgIpc) is 2.15. The van der Waals surface area contributed by atoms with E-state index in [0.717, 1.165) is 5.56 Å². The zero-order valence-electron chi connectivity index (χ0n) is 9.65. The van der Waals surface area contributed by atoms with Gasteiger partial charge in [-0.15, -0.1) is 0 Å². The van der Waals surface area contributed by atoms with E-state index in [1.807, 2.05) is 0 Å². The predicted octanol–water partition coefficient (Wildman–Crippen LogP) is 5.55.